The van der Waals surface area contributed by atoms with Gasteiger partial charge in [-0.1, -0.05) is 6.42 Å². The fourth-order valence-corrected chi connectivity index (χ4v) is 2.96. The third-order valence-electron chi connectivity index (χ3n) is 4.35. The number of methoxy groups -OCH3 is 1. The molecule has 0 saturated carbocycles. The van der Waals surface area contributed by atoms with Gasteiger partial charge in [0.25, 0.3) is 0 Å². The van der Waals surface area contributed by atoms with Crippen LogP contribution in [0.3, 0.4) is 0 Å². The largest absolute Gasteiger partial charge is 0.383 e. The van der Waals surface area contributed by atoms with Crippen molar-refractivity contribution in [1.82, 2.24) is 10.2 Å². The van der Waals surface area contributed by atoms with Crippen molar-refractivity contribution in [3.63, 3.8) is 0 Å². The topological polar surface area (TPSA) is 48.3 Å². The molecular weight excluding hydrogens is 262 g/mol. The van der Waals surface area contributed by atoms with Gasteiger partial charge in [0.2, 0.25) is 0 Å². The van der Waals surface area contributed by atoms with E-state index in [4.69, 9.17) is 10.00 Å². The summed E-state index contributed by atoms with van der Waals surface area (Å²) in [5.41, 5.74) is -0.157. The van der Waals surface area contributed by atoms with Crippen molar-refractivity contribution in [2.75, 3.05) is 46.4 Å². The monoisotopic (exact) mass is 295 g/mol. The molecular formula is C17H33N3O. The number of nitrogens with zero attached hydrogens (tertiary/aromatic N) is 2. The van der Waals surface area contributed by atoms with Crippen LogP contribution in [0.4, 0.5) is 0 Å². The van der Waals surface area contributed by atoms with E-state index in [-0.39, 0.29) is 5.41 Å². The predicted molar refractivity (Wildman–Crippen MR) is 87.2 cm³/mol. The maximum atomic E-state index is 9.02. The summed E-state index contributed by atoms with van der Waals surface area (Å²) >= 11 is 0. The molecule has 1 heterocycles. The van der Waals surface area contributed by atoms with Gasteiger partial charge in [-0.15, -0.1) is 0 Å². The van der Waals surface area contributed by atoms with Crippen LogP contribution >= 0.6 is 0 Å². The zero-order valence-electron chi connectivity index (χ0n) is 14.2. The minimum Gasteiger partial charge on any atom is -0.383 e. The molecule has 1 saturated heterocycles. The maximum absolute atomic E-state index is 9.02. The molecule has 21 heavy (non-hydrogen) atoms. The molecule has 4 heteroatoms. The van der Waals surface area contributed by atoms with Gasteiger partial charge < -0.3 is 15.0 Å². The molecule has 1 aliphatic rings. The summed E-state index contributed by atoms with van der Waals surface area (Å²) in [7, 11) is 1.75. The van der Waals surface area contributed by atoms with Crippen molar-refractivity contribution in [3.8, 4) is 6.07 Å². The Bertz CT molecular complexity index is 312. The van der Waals surface area contributed by atoms with Crippen LogP contribution in [0.25, 0.3) is 0 Å². The zero-order chi connectivity index (χ0) is 15.6. The van der Waals surface area contributed by atoms with Gasteiger partial charge in [-0.25, -0.2) is 0 Å². The number of nitriles is 1. The van der Waals surface area contributed by atoms with Crippen LogP contribution in [0.1, 0.15) is 46.0 Å². The summed E-state index contributed by atoms with van der Waals surface area (Å²) in [5, 5.41) is 12.5. The second kappa shape index (κ2) is 10.2. The highest BCUT2D eigenvalue weighted by molar-refractivity contribution is 4.91. The standard InChI is InChI=1S/C17H33N3O/c1-17(2,15-18)8-4-5-10-20-11-6-7-16(14-20)13-19-9-12-21-3/h16,19H,4-14H2,1-3H3. The molecule has 4 nitrogen and oxygen atoms in total. The minimum absolute atomic E-state index is 0.157. The van der Waals surface area contributed by atoms with E-state index in [0.29, 0.717) is 0 Å². The van der Waals surface area contributed by atoms with E-state index in [9.17, 15) is 0 Å². The number of ether oxygens (including phenoxy) is 1. The summed E-state index contributed by atoms with van der Waals surface area (Å²) < 4.78 is 5.06. The Balaban J connectivity index is 2.11. The van der Waals surface area contributed by atoms with E-state index in [1.807, 2.05) is 13.8 Å². The van der Waals surface area contributed by atoms with E-state index in [2.05, 4.69) is 16.3 Å². The van der Waals surface area contributed by atoms with E-state index in [1.54, 1.807) is 7.11 Å². The molecule has 1 fully saturated rings. The van der Waals surface area contributed by atoms with Crippen molar-refractivity contribution >= 4 is 0 Å². The first-order chi connectivity index (χ1) is 10.1. The number of hydrogen-bond donors (Lipinski definition) is 1. The third kappa shape index (κ3) is 8.40. The molecule has 1 atom stereocenters. The molecule has 0 aliphatic carbocycles. The molecule has 1 aliphatic heterocycles. The van der Waals surface area contributed by atoms with Crippen LogP contribution in [0, 0.1) is 22.7 Å². The first-order valence-corrected chi connectivity index (χ1v) is 8.40. The SMILES string of the molecule is COCCNCC1CCCN(CCCCC(C)(C)C#N)C1. The number of unbranched alkanes of at least 4 members (excludes halogenated alkanes) is 1. The second-order valence-electron chi connectivity index (χ2n) is 6.96. The van der Waals surface area contributed by atoms with Gasteiger partial charge >= 0.3 is 0 Å². The molecule has 1 rings (SSSR count). The minimum atomic E-state index is -0.157. The van der Waals surface area contributed by atoms with Crippen molar-refractivity contribution in [2.24, 2.45) is 11.3 Å². The van der Waals surface area contributed by atoms with Gasteiger partial charge in [-0.3, -0.25) is 0 Å². The molecule has 0 aromatic heterocycles. The summed E-state index contributed by atoms with van der Waals surface area (Å²) in [6.45, 7) is 10.6. The van der Waals surface area contributed by atoms with E-state index in [0.717, 1.165) is 38.5 Å². The number of nitrogens with one attached hydrogen (secondary N) is 1. The fourth-order valence-electron chi connectivity index (χ4n) is 2.96. The van der Waals surface area contributed by atoms with Gasteiger partial charge in [0, 0.05) is 20.2 Å². The quantitative estimate of drug-likeness (QED) is 0.630. The van der Waals surface area contributed by atoms with Gasteiger partial charge in [0.1, 0.15) is 0 Å². The van der Waals surface area contributed by atoms with Crippen molar-refractivity contribution in [2.45, 2.75) is 46.0 Å². The van der Waals surface area contributed by atoms with Gasteiger partial charge in [0.05, 0.1) is 18.1 Å². The van der Waals surface area contributed by atoms with Crippen molar-refractivity contribution in [3.05, 3.63) is 0 Å². The number of hydrogen-bond acceptors (Lipinski definition) is 4. The molecule has 0 radical (unpaired) electrons. The molecule has 1 N–H and O–H groups in total. The Morgan fingerprint density at radius 1 is 1.38 bits per heavy atom. The van der Waals surface area contributed by atoms with Crippen LogP contribution in [-0.4, -0.2) is 51.3 Å². The normalized spacial score (nSPS) is 20.4. The summed E-state index contributed by atoms with van der Waals surface area (Å²) in [6, 6.07) is 2.39. The van der Waals surface area contributed by atoms with Crippen LogP contribution < -0.4 is 5.32 Å². The Labute approximate surface area is 130 Å². The first-order valence-electron chi connectivity index (χ1n) is 8.40. The first kappa shape index (κ1) is 18.4. The van der Waals surface area contributed by atoms with Crippen LogP contribution in [0.15, 0.2) is 0 Å². The summed E-state index contributed by atoms with van der Waals surface area (Å²) in [5.74, 6) is 0.783. The smallest absolute Gasteiger partial charge is 0.0683 e. The Kier molecular flexibility index (Phi) is 8.91. The molecule has 0 spiro atoms. The van der Waals surface area contributed by atoms with Gasteiger partial charge in [-0.05, 0) is 65.1 Å². The van der Waals surface area contributed by atoms with Crippen LogP contribution in [0.5, 0.6) is 0 Å². The Hall–Kier alpha value is -0.630. The average molecular weight is 295 g/mol. The highest BCUT2D eigenvalue weighted by atomic mass is 16.5. The van der Waals surface area contributed by atoms with E-state index < -0.39 is 0 Å². The van der Waals surface area contributed by atoms with Crippen LogP contribution in [-0.2, 0) is 4.74 Å². The van der Waals surface area contributed by atoms with Crippen LogP contribution in [0.2, 0.25) is 0 Å². The number of rotatable bonds is 10. The summed E-state index contributed by atoms with van der Waals surface area (Å²) in [4.78, 5) is 2.60. The van der Waals surface area contributed by atoms with Gasteiger partial charge in [-0.2, -0.15) is 5.26 Å². The number of likely N-dealkylation sites (tertiary alicyclic amines) is 1. The third-order valence-corrected chi connectivity index (χ3v) is 4.35. The predicted octanol–water partition coefficient (Wildman–Crippen LogP) is 2.65. The zero-order valence-corrected chi connectivity index (χ0v) is 14.2. The lowest BCUT2D eigenvalue weighted by Gasteiger charge is -2.33. The molecule has 0 aromatic carbocycles. The molecule has 0 aromatic rings. The maximum Gasteiger partial charge on any atom is 0.0683 e. The highest BCUT2D eigenvalue weighted by Gasteiger charge is 2.20. The average Bonchev–Trinajstić information content (AvgIpc) is 2.49. The lowest BCUT2D eigenvalue weighted by atomic mass is 9.89. The molecule has 1 unspecified atom stereocenters. The lowest BCUT2D eigenvalue weighted by molar-refractivity contribution is 0.161. The summed E-state index contributed by atoms with van der Waals surface area (Å²) in [6.07, 6.45) is 6.06. The molecule has 122 valence electrons. The Morgan fingerprint density at radius 2 is 2.19 bits per heavy atom. The highest BCUT2D eigenvalue weighted by Crippen LogP contribution is 2.22. The molecule has 0 amide bonds. The lowest BCUT2D eigenvalue weighted by Crippen LogP contribution is -2.40. The van der Waals surface area contributed by atoms with E-state index >= 15 is 0 Å². The fraction of sp³-hybridized carbons (Fsp3) is 0.941. The van der Waals surface area contributed by atoms with Crippen molar-refractivity contribution < 1.29 is 4.74 Å². The number of piperidine rings is 1. The van der Waals surface area contributed by atoms with E-state index in [1.165, 1.54) is 38.9 Å². The second-order valence-corrected chi connectivity index (χ2v) is 6.96. The Morgan fingerprint density at radius 3 is 2.90 bits per heavy atom. The van der Waals surface area contributed by atoms with Crippen molar-refractivity contribution in [1.29, 1.82) is 5.26 Å². The molecule has 0 bridgehead atoms. The van der Waals surface area contributed by atoms with Gasteiger partial charge in [0.15, 0.2) is 0 Å².